The number of nitrogens with one attached hydrogen (secondary N) is 1. The van der Waals surface area contributed by atoms with Gasteiger partial charge in [-0.05, 0) is 48.1 Å². The lowest BCUT2D eigenvalue weighted by Crippen LogP contribution is -2.47. The van der Waals surface area contributed by atoms with Crippen molar-refractivity contribution >= 4 is 16.9 Å². The number of benzene rings is 1. The van der Waals surface area contributed by atoms with Gasteiger partial charge in [0.25, 0.3) is 0 Å². The van der Waals surface area contributed by atoms with Crippen LogP contribution in [0.5, 0.6) is 5.75 Å². The van der Waals surface area contributed by atoms with Gasteiger partial charge in [0.2, 0.25) is 5.91 Å². The molecule has 2 aromatic rings. The van der Waals surface area contributed by atoms with Crippen LogP contribution in [0.1, 0.15) is 45.6 Å². The Balaban J connectivity index is 1.49. The number of hydrogen-bond acceptors (Lipinski definition) is 3. The molecule has 0 spiro atoms. The van der Waals surface area contributed by atoms with Crippen molar-refractivity contribution in [3.8, 4) is 5.75 Å². The summed E-state index contributed by atoms with van der Waals surface area (Å²) in [5.41, 5.74) is 2.21. The van der Waals surface area contributed by atoms with Crippen LogP contribution in [0, 0.1) is 16.7 Å². The van der Waals surface area contributed by atoms with Crippen LogP contribution in [-0.2, 0) is 11.2 Å². The van der Waals surface area contributed by atoms with E-state index in [0.717, 1.165) is 34.6 Å². The van der Waals surface area contributed by atoms with Crippen molar-refractivity contribution in [1.29, 1.82) is 0 Å². The highest BCUT2D eigenvalue weighted by Crippen LogP contribution is 2.65. The van der Waals surface area contributed by atoms with Crippen LogP contribution >= 0.6 is 0 Å². The zero-order valence-electron chi connectivity index (χ0n) is 15.5. The van der Waals surface area contributed by atoms with Gasteiger partial charge in [0.05, 0.1) is 19.8 Å². The van der Waals surface area contributed by atoms with Crippen LogP contribution in [0.3, 0.4) is 0 Å². The van der Waals surface area contributed by atoms with E-state index < -0.39 is 0 Å². The quantitative estimate of drug-likeness (QED) is 0.901. The summed E-state index contributed by atoms with van der Waals surface area (Å²) in [6.07, 6.45) is 5.67. The average molecular weight is 341 g/mol. The van der Waals surface area contributed by atoms with Gasteiger partial charge in [0, 0.05) is 23.1 Å². The third-order valence-electron chi connectivity index (χ3n) is 7.34. The van der Waals surface area contributed by atoms with Crippen molar-refractivity contribution in [3.05, 3.63) is 30.0 Å². The third-order valence-corrected chi connectivity index (χ3v) is 7.34. The molecule has 4 rings (SSSR count). The molecule has 1 amide bonds. The number of hydrogen-bond donors (Lipinski definition) is 1. The first kappa shape index (κ1) is 16.5. The molecule has 2 saturated carbocycles. The van der Waals surface area contributed by atoms with Gasteiger partial charge >= 0.3 is 0 Å². The van der Waals surface area contributed by atoms with Gasteiger partial charge in [-0.15, -0.1) is 0 Å². The minimum absolute atomic E-state index is 0.0908. The molecule has 25 heavy (non-hydrogen) atoms. The second kappa shape index (κ2) is 5.52. The molecule has 2 aliphatic carbocycles. The van der Waals surface area contributed by atoms with E-state index in [-0.39, 0.29) is 17.4 Å². The number of carbonyl (C=O) groups is 1. The number of amides is 1. The standard InChI is InChI=1S/C21H27NO3/c1-20(2)14-7-8-21(20,3)18(10-14)22-19(23)9-13-12-25-17-11-15(24-4)5-6-16(13)17/h5-6,11-12,14,18H,7-10H2,1-4H3,(H,22,23). The summed E-state index contributed by atoms with van der Waals surface area (Å²) in [7, 11) is 1.63. The van der Waals surface area contributed by atoms with Crippen LogP contribution in [0.2, 0.25) is 0 Å². The summed E-state index contributed by atoms with van der Waals surface area (Å²) in [5.74, 6) is 1.58. The number of furan rings is 1. The fourth-order valence-corrected chi connectivity index (χ4v) is 5.17. The van der Waals surface area contributed by atoms with Gasteiger partial charge < -0.3 is 14.5 Å². The normalized spacial score (nSPS) is 29.9. The molecule has 2 aliphatic rings. The molecular formula is C21H27NO3. The highest BCUT2D eigenvalue weighted by molar-refractivity contribution is 5.88. The van der Waals surface area contributed by atoms with Crippen molar-refractivity contribution in [2.24, 2.45) is 16.7 Å². The molecule has 2 bridgehead atoms. The van der Waals surface area contributed by atoms with Gasteiger partial charge in [-0.3, -0.25) is 4.79 Å². The van der Waals surface area contributed by atoms with Crippen molar-refractivity contribution in [1.82, 2.24) is 5.32 Å². The first-order chi connectivity index (χ1) is 11.8. The molecule has 4 nitrogen and oxygen atoms in total. The molecule has 0 radical (unpaired) electrons. The molecule has 2 fully saturated rings. The molecule has 1 heterocycles. The second-order valence-electron chi connectivity index (χ2n) is 8.53. The minimum atomic E-state index is 0.0908. The molecule has 1 N–H and O–H groups in total. The minimum Gasteiger partial charge on any atom is -0.497 e. The molecule has 0 saturated heterocycles. The van der Waals surface area contributed by atoms with E-state index in [2.05, 4.69) is 26.1 Å². The summed E-state index contributed by atoms with van der Waals surface area (Å²) >= 11 is 0. The van der Waals surface area contributed by atoms with Gasteiger partial charge in [-0.1, -0.05) is 20.8 Å². The Morgan fingerprint density at radius 3 is 2.80 bits per heavy atom. The van der Waals surface area contributed by atoms with Crippen LogP contribution in [0.15, 0.2) is 28.9 Å². The first-order valence-electron chi connectivity index (χ1n) is 9.18. The molecule has 134 valence electrons. The maximum atomic E-state index is 12.7. The van der Waals surface area contributed by atoms with Crippen LogP contribution in [-0.4, -0.2) is 19.1 Å². The molecule has 1 aromatic heterocycles. The smallest absolute Gasteiger partial charge is 0.224 e. The SMILES string of the molecule is COc1ccc2c(CC(=O)NC3CC4CCC3(C)C4(C)C)coc2c1. The summed E-state index contributed by atoms with van der Waals surface area (Å²) in [5, 5.41) is 4.31. The van der Waals surface area contributed by atoms with E-state index in [1.54, 1.807) is 13.4 Å². The van der Waals surface area contributed by atoms with Gasteiger partial charge in [-0.25, -0.2) is 0 Å². The number of fused-ring (bicyclic) bond motifs is 3. The fraction of sp³-hybridized carbons (Fsp3) is 0.571. The van der Waals surface area contributed by atoms with Crippen LogP contribution in [0.25, 0.3) is 11.0 Å². The number of methoxy groups -OCH3 is 1. The summed E-state index contributed by atoms with van der Waals surface area (Å²) in [6.45, 7) is 7.09. The van der Waals surface area contributed by atoms with Crippen molar-refractivity contribution in [2.75, 3.05) is 7.11 Å². The summed E-state index contributed by atoms with van der Waals surface area (Å²) < 4.78 is 10.8. The Labute approximate surface area is 148 Å². The first-order valence-corrected chi connectivity index (χ1v) is 9.18. The molecule has 3 unspecified atom stereocenters. The number of carbonyl (C=O) groups excluding carboxylic acids is 1. The molecule has 1 aromatic carbocycles. The van der Waals surface area contributed by atoms with E-state index in [4.69, 9.17) is 9.15 Å². The summed E-state index contributed by atoms with van der Waals surface area (Å²) in [4.78, 5) is 12.7. The lowest BCUT2D eigenvalue weighted by atomic mass is 9.69. The Morgan fingerprint density at radius 1 is 1.36 bits per heavy atom. The number of rotatable bonds is 4. The van der Waals surface area contributed by atoms with Gasteiger partial charge in [-0.2, -0.15) is 0 Å². The van der Waals surface area contributed by atoms with Crippen molar-refractivity contribution < 1.29 is 13.9 Å². The van der Waals surface area contributed by atoms with E-state index in [1.807, 2.05) is 18.2 Å². The number of ether oxygens (including phenoxy) is 1. The molecule has 3 atom stereocenters. The maximum absolute atomic E-state index is 12.7. The Kier molecular flexibility index (Phi) is 3.64. The highest BCUT2D eigenvalue weighted by atomic mass is 16.5. The van der Waals surface area contributed by atoms with Crippen molar-refractivity contribution in [3.63, 3.8) is 0 Å². The molecule has 0 aliphatic heterocycles. The van der Waals surface area contributed by atoms with E-state index in [0.29, 0.717) is 11.8 Å². The Bertz CT molecular complexity index is 822. The lowest BCUT2D eigenvalue weighted by molar-refractivity contribution is -0.122. The molecular weight excluding hydrogens is 314 g/mol. The second-order valence-corrected chi connectivity index (χ2v) is 8.53. The van der Waals surface area contributed by atoms with Gasteiger partial charge in [0.1, 0.15) is 11.3 Å². The topological polar surface area (TPSA) is 51.5 Å². The molecule has 4 heteroatoms. The Morgan fingerprint density at radius 2 is 2.16 bits per heavy atom. The average Bonchev–Trinajstić information content (AvgIpc) is 3.13. The zero-order chi connectivity index (χ0) is 17.8. The predicted octanol–water partition coefficient (Wildman–Crippen LogP) is 4.31. The predicted molar refractivity (Wildman–Crippen MR) is 97.6 cm³/mol. The Hall–Kier alpha value is -1.97. The summed E-state index contributed by atoms with van der Waals surface area (Å²) in [6, 6.07) is 6.00. The fourth-order valence-electron chi connectivity index (χ4n) is 5.17. The van der Waals surface area contributed by atoms with Crippen LogP contribution < -0.4 is 10.1 Å². The third kappa shape index (κ3) is 2.37. The maximum Gasteiger partial charge on any atom is 0.224 e. The highest BCUT2D eigenvalue weighted by Gasteiger charge is 2.61. The van der Waals surface area contributed by atoms with Crippen molar-refractivity contribution in [2.45, 2.75) is 52.5 Å². The monoisotopic (exact) mass is 341 g/mol. The van der Waals surface area contributed by atoms with E-state index in [9.17, 15) is 4.79 Å². The largest absolute Gasteiger partial charge is 0.497 e. The van der Waals surface area contributed by atoms with E-state index >= 15 is 0 Å². The van der Waals surface area contributed by atoms with Gasteiger partial charge in [0.15, 0.2) is 0 Å². The zero-order valence-corrected chi connectivity index (χ0v) is 15.5. The van der Waals surface area contributed by atoms with E-state index in [1.165, 1.54) is 12.8 Å². The lowest BCUT2D eigenvalue weighted by Gasteiger charge is -2.39. The van der Waals surface area contributed by atoms with Crippen LogP contribution in [0.4, 0.5) is 0 Å².